The second kappa shape index (κ2) is 14.7. The summed E-state index contributed by atoms with van der Waals surface area (Å²) in [4.78, 5) is 57.9. The quantitative estimate of drug-likeness (QED) is 0.311. The van der Waals surface area contributed by atoms with Gasteiger partial charge in [-0.2, -0.15) is 9.59 Å². The number of carbonyl (C=O) groups is 4. The highest BCUT2D eigenvalue weighted by molar-refractivity contribution is 6.35. The smallest absolute Gasteiger partial charge is 0.415 e. The fourth-order valence-electron chi connectivity index (χ4n) is 1.89. The van der Waals surface area contributed by atoms with Crippen LogP contribution < -0.4 is 0 Å². The van der Waals surface area contributed by atoms with Crippen LogP contribution in [0.15, 0.2) is 24.7 Å². The third-order valence-corrected chi connectivity index (χ3v) is 4.97. The molecule has 12 nitrogen and oxygen atoms in total. The van der Waals surface area contributed by atoms with Crippen molar-refractivity contribution in [3.8, 4) is 37.5 Å². The second-order valence-electron chi connectivity index (χ2n) is 7.45. The van der Waals surface area contributed by atoms with Gasteiger partial charge in [0.1, 0.15) is 0 Å². The van der Waals surface area contributed by atoms with E-state index in [2.05, 4.69) is 26.0 Å². The molecule has 0 saturated carbocycles. The Labute approximate surface area is 214 Å². The molecule has 2 fully saturated rings. The van der Waals surface area contributed by atoms with Crippen molar-refractivity contribution in [2.24, 2.45) is 0 Å². The molecule has 0 amide bonds. The summed E-state index contributed by atoms with van der Waals surface area (Å²) in [6.45, 7) is 15.2. The van der Waals surface area contributed by atoms with Gasteiger partial charge in [-0.15, -0.1) is 25.7 Å². The Hall–Kier alpha value is -4.66. The lowest BCUT2D eigenvalue weighted by Crippen LogP contribution is -2.51. The van der Waals surface area contributed by atoms with Crippen LogP contribution in [0.3, 0.4) is 0 Å². The first-order valence-electron chi connectivity index (χ1n) is 9.67. The minimum atomic E-state index is -1.66. The van der Waals surface area contributed by atoms with Crippen LogP contribution in [-0.2, 0) is 38.1 Å². The maximum atomic E-state index is 11.0. The molecule has 2 rings (SSSR count). The van der Waals surface area contributed by atoms with Crippen LogP contribution in [0.1, 0.15) is 41.5 Å². The zero-order chi connectivity index (χ0) is 30.4. The topological polar surface area (TPSA) is 180 Å². The molecule has 4 unspecified atom stereocenters. The molecule has 4 atom stereocenters. The van der Waals surface area contributed by atoms with E-state index in [9.17, 15) is 29.4 Å². The first-order chi connectivity index (χ1) is 16.7. The first kappa shape index (κ1) is 36.9. The Morgan fingerprint density at radius 3 is 1.14 bits per heavy atom. The Morgan fingerprint density at radius 2 is 1.03 bits per heavy atom. The van der Waals surface area contributed by atoms with E-state index in [0.717, 1.165) is 0 Å². The minimum Gasteiger partial charge on any atom is -0.415 e. The molecule has 0 aromatic heterocycles. The van der Waals surface area contributed by atoms with Gasteiger partial charge in [0.05, 0.1) is 0 Å². The van der Waals surface area contributed by atoms with Crippen molar-refractivity contribution in [1.82, 2.24) is 0 Å². The number of aliphatic hydroxyl groups is 2. The highest BCUT2D eigenvalue weighted by Crippen LogP contribution is 2.47. The van der Waals surface area contributed by atoms with E-state index in [1.807, 2.05) is 11.8 Å². The Bertz CT molecular complexity index is 981. The minimum absolute atomic E-state index is 0.0412. The summed E-state index contributed by atoms with van der Waals surface area (Å²) in [5.74, 6) is 3.31. The van der Waals surface area contributed by atoms with E-state index >= 15 is 0 Å². The maximum Gasteiger partial charge on any atom is 0.514 e. The summed E-state index contributed by atoms with van der Waals surface area (Å²) in [5, 5.41) is 18.4. The third-order valence-electron chi connectivity index (χ3n) is 4.97. The van der Waals surface area contributed by atoms with E-state index in [-0.39, 0.29) is 29.2 Å². The molecular weight excluding hydrogens is 492 g/mol. The maximum absolute atomic E-state index is 11.0. The molecule has 2 aliphatic rings. The van der Waals surface area contributed by atoms with Gasteiger partial charge in [-0.3, -0.25) is 9.59 Å². The lowest BCUT2D eigenvalue weighted by Gasteiger charge is -2.34. The summed E-state index contributed by atoms with van der Waals surface area (Å²) in [6.07, 6.45) is 16.3. The van der Waals surface area contributed by atoms with Crippen LogP contribution in [0.25, 0.3) is 0 Å². The van der Waals surface area contributed by atoms with Gasteiger partial charge in [0.15, 0.2) is 34.3 Å². The number of ether oxygens (including phenoxy) is 4. The molecule has 2 saturated heterocycles. The summed E-state index contributed by atoms with van der Waals surface area (Å²) in [5.41, 5.74) is -6.01. The second-order valence-corrected chi connectivity index (χ2v) is 7.45. The number of terminal acetylenes is 3. The Kier molecular flexibility index (Phi) is 14.6. The van der Waals surface area contributed by atoms with Gasteiger partial charge in [0, 0.05) is 13.8 Å². The third kappa shape index (κ3) is 9.48. The molecule has 0 bridgehead atoms. The van der Waals surface area contributed by atoms with E-state index in [1.165, 1.54) is 41.5 Å². The predicted octanol–water partition coefficient (Wildman–Crippen LogP) is 1.45. The monoisotopic (exact) mass is 520 g/mol. The number of hydrogen-bond acceptors (Lipinski definition) is 12. The highest BCUT2D eigenvalue weighted by Gasteiger charge is 2.64. The molecule has 12 heteroatoms. The van der Waals surface area contributed by atoms with Crippen LogP contribution >= 0.6 is 0 Å². The van der Waals surface area contributed by atoms with E-state index in [4.69, 9.17) is 41.4 Å². The average molecular weight is 520 g/mol. The van der Waals surface area contributed by atoms with Crippen LogP contribution in [0, 0.1) is 37.5 Å². The number of hydrogen-bond donors (Lipinski definition) is 2. The summed E-state index contributed by atoms with van der Waals surface area (Å²) in [6, 6.07) is 0. The van der Waals surface area contributed by atoms with Crippen molar-refractivity contribution < 1.29 is 57.9 Å². The van der Waals surface area contributed by atoms with Crippen molar-refractivity contribution >= 4 is 30.0 Å². The van der Waals surface area contributed by atoms with Crippen LogP contribution in [0.2, 0.25) is 0 Å². The number of Topliss-reactive ketones (excluding diaryl/α,β-unsaturated/α-hetero) is 2. The molecule has 0 aromatic rings. The Balaban J connectivity index is -0.000000473. The lowest BCUT2D eigenvalue weighted by molar-refractivity contribution is -0.191. The van der Waals surface area contributed by atoms with Crippen LogP contribution in [0.4, 0.5) is 9.59 Å². The van der Waals surface area contributed by atoms with E-state index < -0.39 is 34.7 Å². The van der Waals surface area contributed by atoms with Crippen molar-refractivity contribution in [3.63, 3.8) is 0 Å². The van der Waals surface area contributed by atoms with Crippen LogP contribution in [-0.4, -0.2) is 62.6 Å². The van der Waals surface area contributed by atoms with Gasteiger partial charge < -0.3 is 29.2 Å². The lowest BCUT2D eigenvalue weighted by atomic mass is 9.83. The summed E-state index contributed by atoms with van der Waals surface area (Å²) < 4.78 is 19.4. The molecule has 0 spiro atoms. The largest absolute Gasteiger partial charge is 0.514 e. The van der Waals surface area contributed by atoms with Crippen molar-refractivity contribution in [2.75, 3.05) is 0 Å². The fraction of sp³-hybridized carbons (Fsp3) is 0.400. The molecule has 37 heavy (non-hydrogen) atoms. The zero-order valence-corrected chi connectivity index (χ0v) is 21.2. The number of carbonyl (C=O) groups excluding carboxylic acids is 6. The number of cyclic esters (lactones) is 4. The fourth-order valence-corrected chi connectivity index (χ4v) is 1.89. The predicted molar refractivity (Wildman–Crippen MR) is 125 cm³/mol. The van der Waals surface area contributed by atoms with Crippen molar-refractivity contribution in [2.45, 2.75) is 63.9 Å². The van der Waals surface area contributed by atoms with Gasteiger partial charge in [-0.05, 0) is 27.7 Å². The molecule has 2 heterocycles. The zero-order valence-electron chi connectivity index (χ0n) is 21.2. The normalized spacial score (nSPS) is 23.7. The molecule has 2 N–H and O–H groups in total. The van der Waals surface area contributed by atoms with Gasteiger partial charge in [-0.25, -0.2) is 9.59 Å². The van der Waals surface area contributed by atoms with Gasteiger partial charge in [0.2, 0.25) is 11.2 Å². The molecule has 200 valence electrons. The molecule has 0 aromatic carbocycles. The van der Waals surface area contributed by atoms with Gasteiger partial charge >= 0.3 is 18.5 Å². The molecule has 0 aliphatic carbocycles. The number of ketones is 2. The van der Waals surface area contributed by atoms with Gasteiger partial charge in [-0.1, -0.05) is 25.0 Å². The van der Waals surface area contributed by atoms with Crippen molar-refractivity contribution in [1.29, 1.82) is 0 Å². The SMILES string of the molecule is C#C.C#CC(C)(O)C(C)(O)C#C.C=C1OC(=O)OC1(C)C1(C)OC(=O)OC1=C.CC(=O)C(C)=O.O=C=O. The Morgan fingerprint density at radius 1 is 0.811 bits per heavy atom. The van der Waals surface area contributed by atoms with Crippen LogP contribution in [0.5, 0.6) is 0 Å². The molecular formula is C25H28O12. The average Bonchev–Trinajstić information content (AvgIpc) is 3.24. The molecule has 2 aliphatic heterocycles. The standard InChI is InChI=1S/C10H10O6.C8H10O2.C4H6O2.C2H2.CO2/c1-5-9(3,15-7(11)13-5)10(4)6(2)14-8(12)16-10;1-5-7(3,9)8(4,10)6-2;1-3(5)4(2)6;1-2;2-1-3/h1-2H2,3-4H3;1-2,9-10H,3-4H3;1-2H3;1-2H;. The van der Waals surface area contributed by atoms with E-state index in [0.29, 0.717) is 0 Å². The molecule has 0 radical (unpaired) electrons. The highest BCUT2D eigenvalue weighted by atomic mass is 16.8. The first-order valence-corrected chi connectivity index (χ1v) is 9.67. The summed E-state index contributed by atoms with van der Waals surface area (Å²) in [7, 11) is 0. The van der Waals surface area contributed by atoms with E-state index in [1.54, 1.807) is 0 Å². The summed E-state index contributed by atoms with van der Waals surface area (Å²) >= 11 is 0. The van der Waals surface area contributed by atoms with Gasteiger partial charge in [0.25, 0.3) is 0 Å². The number of rotatable bonds is 3. The van der Waals surface area contributed by atoms with Crippen molar-refractivity contribution in [3.05, 3.63) is 24.7 Å².